The number of carbonyl (C=O) groups excluding carboxylic acids is 3. The van der Waals surface area contributed by atoms with Crippen molar-refractivity contribution in [3.05, 3.63) is 29.8 Å². The van der Waals surface area contributed by atoms with Gasteiger partial charge in [-0.15, -0.1) is 0 Å². The van der Waals surface area contributed by atoms with E-state index < -0.39 is 0 Å². The molecule has 7 heteroatoms. The SMILES string of the molecule is CC(=O)NCC(=O)N1CCC[C@@H]2[C@H]1CCCCc1ccccc1OCC(=O)N2C. The van der Waals surface area contributed by atoms with Gasteiger partial charge >= 0.3 is 0 Å². The first kappa shape index (κ1) is 21.1. The second-order valence-corrected chi connectivity index (χ2v) is 7.92. The van der Waals surface area contributed by atoms with Gasteiger partial charge < -0.3 is 19.9 Å². The van der Waals surface area contributed by atoms with Gasteiger partial charge in [-0.05, 0) is 43.7 Å². The van der Waals surface area contributed by atoms with E-state index in [1.807, 2.05) is 36.2 Å². The molecule has 1 fully saturated rings. The fourth-order valence-corrected chi connectivity index (χ4v) is 4.39. The minimum absolute atomic E-state index is 0.00340. The summed E-state index contributed by atoms with van der Waals surface area (Å²) in [6.07, 6.45) is 5.40. The van der Waals surface area contributed by atoms with Gasteiger partial charge in [-0.2, -0.15) is 0 Å². The van der Waals surface area contributed by atoms with Crippen LogP contribution in [0.3, 0.4) is 0 Å². The molecule has 0 bridgehead atoms. The average molecular weight is 402 g/mol. The highest BCUT2D eigenvalue weighted by Crippen LogP contribution is 2.28. The maximum absolute atomic E-state index is 12.8. The first-order valence-electron chi connectivity index (χ1n) is 10.5. The highest BCUT2D eigenvalue weighted by atomic mass is 16.5. The highest BCUT2D eigenvalue weighted by molar-refractivity contribution is 5.84. The Morgan fingerprint density at radius 2 is 1.90 bits per heavy atom. The lowest BCUT2D eigenvalue weighted by Crippen LogP contribution is -2.59. The van der Waals surface area contributed by atoms with Crippen molar-refractivity contribution in [3.8, 4) is 5.75 Å². The number of likely N-dealkylation sites (N-methyl/N-ethyl adjacent to an activating group) is 1. The zero-order chi connectivity index (χ0) is 20.8. The number of aryl methyl sites for hydroxylation is 1. The van der Waals surface area contributed by atoms with Crippen molar-refractivity contribution in [2.24, 2.45) is 0 Å². The van der Waals surface area contributed by atoms with Crippen molar-refractivity contribution in [2.45, 2.75) is 57.5 Å². The molecule has 1 aromatic carbocycles. The van der Waals surface area contributed by atoms with Crippen molar-refractivity contribution >= 4 is 17.7 Å². The molecule has 2 heterocycles. The van der Waals surface area contributed by atoms with E-state index in [0.717, 1.165) is 49.8 Å². The number of likely N-dealkylation sites (tertiary alicyclic amines) is 1. The highest BCUT2D eigenvalue weighted by Gasteiger charge is 2.37. The van der Waals surface area contributed by atoms with Crippen molar-refractivity contribution in [2.75, 3.05) is 26.7 Å². The number of hydrogen-bond donors (Lipinski definition) is 1. The van der Waals surface area contributed by atoms with Crippen LogP contribution in [0.4, 0.5) is 0 Å². The molecule has 1 saturated heterocycles. The molecule has 2 aliphatic heterocycles. The molecule has 2 atom stereocenters. The quantitative estimate of drug-likeness (QED) is 0.819. The molecule has 0 spiro atoms. The fraction of sp³-hybridized carbons (Fsp3) is 0.591. The predicted molar refractivity (Wildman–Crippen MR) is 109 cm³/mol. The molecule has 7 nitrogen and oxygen atoms in total. The second-order valence-electron chi connectivity index (χ2n) is 7.92. The third-order valence-corrected chi connectivity index (χ3v) is 5.96. The lowest BCUT2D eigenvalue weighted by Gasteiger charge is -2.45. The lowest BCUT2D eigenvalue weighted by atomic mass is 9.90. The first-order valence-corrected chi connectivity index (χ1v) is 10.5. The molecule has 0 aromatic heterocycles. The number of fused-ring (bicyclic) bond motifs is 2. The van der Waals surface area contributed by atoms with Crippen molar-refractivity contribution < 1.29 is 19.1 Å². The number of hydrogen-bond acceptors (Lipinski definition) is 4. The number of benzene rings is 1. The molecular weight excluding hydrogens is 370 g/mol. The van der Waals surface area contributed by atoms with Crippen LogP contribution in [0.1, 0.15) is 44.6 Å². The van der Waals surface area contributed by atoms with Crippen LogP contribution in [0.25, 0.3) is 0 Å². The van der Waals surface area contributed by atoms with Crippen molar-refractivity contribution in [1.29, 1.82) is 0 Å². The summed E-state index contributed by atoms with van der Waals surface area (Å²) in [5.41, 5.74) is 1.11. The molecule has 0 unspecified atom stereocenters. The Labute approximate surface area is 172 Å². The Bertz CT molecular complexity index is 751. The lowest BCUT2D eigenvalue weighted by molar-refractivity contribution is -0.143. The first-order chi connectivity index (χ1) is 14.0. The molecule has 0 aliphatic carbocycles. The van der Waals surface area contributed by atoms with Crippen LogP contribution >= 0.6 is 0 Å². The molecule has 2 aliphatic rings. The van der Waals surface area contributed by atoms with E-state index in [1.165, 1.54) is 6.92 Å². The number of carbonyl (C=O) groups is 3. The molecule has 3 rings (SSSR count). The standard InChI is InChI=1S/C22H31N3O4/c1-16(26)23-14-21(27)25-13-7-11-18-19(25)10-5-3-8-17-9-4-6-12-20(17)29-15-22(28)24(18)2/h4,6,9,12,18-19H,3,5,7-8,10-11,13-15H2,1-2H3,(H,23,26)/t18-,19-/m1/s1. The van der Waals surface area contributed by atoms with E-state index in [2.05, 4.69) is 5.32 Å². The van der Waals surface area contributed by atoms with Crippen LogP contribution in [-0.4, -0.2) is 66.3 Å². The van der Waals surface area contributed by atoms with Crippen LogP contribution in [-0.2, 0) is 20.8 Å². The van der Waals surface area contributed by atoms with Crippen LogP contribution in [0.15, 0.2) is 24.3 Å². The summed E-state index contributed by atoms with van der Waals surface area (Å²) >= 11 is 0. The summed E-state index contributed by atoms with van der Waals surface area (Å²) in [5, 5.41) is 2.61. The Morgan fingerprint density at radius 1 is 1.14 bits per heavy atom. The molecule has 1 aromatic rings. The fourth-order valence-electron chi connectivity index (χ4n) is 4.39. The smallest absolute Gasteiger partial charge is 0.260 e. The van der Waals surface area contributed by atoms with E-state index in [-0.39, 0.29) is 43.0 Å². The summed E-state index contributed by atoms with van der Waals surface area (Å²) in [7, 11) is 1.81. The monoisotopic (exact) mass is 401 g/mol. The molecule has 158 valence electrons. The van der Waals surface area contributed by atoms with E-state index in [9.17, 15) is 14.4 Å². The van der Waals surface area contributed by atoms with Gasteiger partial charge in [0.05, 0.1) is 18.6 Å². The summed E-state index contributed by atoms with van der Waals surface area (Å²) < 4.78 is 5.84. The maximum atomic E-state index is 12.8. The third kappa shape index (κ3) is 5.28. The molecule has 29 heavy (non-hydrogen) atoms. The molecule has 0 radical (unpaired) electrons. The number of nitrogens with one attached hydrogen (secondary N) is 1. The minimum atomic E-state index is -0.214. The van der Waals surface area contributed by atoms with Gasteiger partial charge in [0.15, 0.2) is 6.61 Å². The number of nitrogens with zero attached hydrogens (tertiary/aromatic N) is 2. The topological polar surface area (TPSA) is 79.0 Å². The van der Waals surface area contributed by atoms with Crippen LogP contribution in [0.2, 0.25) is 0 Å². The number of ether oxygens (including phenoxy) is 1. The van der Waals surface area contributed by atoms with Crippen LogP contribution in [0, 0.1) is 0 Å². The van der Waals surface area contributed by atoms with Gasteiger partial charge in [0.2, 0.25) is 11.8 Å². The summed E-state index contributed by atoms with van der Waals surface area (Å²) in [4.78, 5) is 40.4. The van der Waals surface area contributed by atoms with Crippen molar-refractivity contribution in [3.63, 3.8) is 0 Å². The van der Waals surface area contributed by atoms with Gasteiger partial charge in [-0.25, -0.2) is 0 Å². The van der Waals surface area contributed by atoms with E-state index in [0.29, 0.717) is 6.54 Å². The van der Waals surface area contributed by atoms with Crippen LogP contribution in [0.5, 0.6) is 5.75 Å². The predicted octanol–water partition coefficient (Wildman–Crippen LogP) is 1.75. The number of para-hydroxylation sites is 1. The number of amides is 3. The van der Waals surface area contributed by atoms with Gasteiger partial charge in [0.25, 0.3) is 5.91 Å². The summed E-state index contributed by atoms with van der Waals surface area (Å²) in [6.45, 7) is 2.08. The number of piperidine rings is 1. The largest absolute Gasteiger partial charge is 0.483 e. The van der Waals surface area contributed by atoms with Crippen LogP contribution < -0.4 is 10.1 Å². The Morgan fingerprint density at radius 3 is 2.69 bits per heavy atom. The molecule has 0 saturated carbocycles. The third-order valence-electron chi connectivity index (χ3n) is 5.96. The van der Waals surface area contributed by atoms with E-state index in [4.69, 9.17) is 4.74 Å². The molecule has 1 N–H and O–H groups in total. The van der Waals surface area contributed by atoms with Gasteiger partial charge in [-0.1, -0.05) is 24.6 Å². The van der Waals surface area contributed by atoms with Crippen molar-refractivity contribution in [1.82, 2.24) is 15.1 Å². The summed E-state index contributed by atoms with van der Waals surface area (Å²) in [5.74, 6) is 0.409. The maximum Gasteiger partial charge on any atom is 0.260 e. The Balaban J connectivity index is 1.79. The van der Waals surface area contributed by atoms with Gasteiger partial charge in [-0.3, -0.25) is 14.4 Å². The Kier molecular flexibility index (Phi) is 7.12. The summed E-state index contributed by atoms with van der Waals surface area (Å²) in [6, 6.07) is 7.81. The average Bonchev–Trinajstić information content (AvgIpc) is 2.72. The molecular formula is C22H31N3O4. The normalized spacial score (nSPS) is 23.0. The Hall–Kier alpha value is -2.57. The van der Waals surface area contributed by atoms with E-state index >= 15 is 0 Å². The zero-order valence-electron chi connectivity index (χ0n) is 17.4. The second kappa shape index (κ2) is 9.76. The van der Waals surface area contributed by atoms with Gasteiger partial charge in [0, 0.05) is 20.5 Å². The minimum Gasteiger partial charge on any atom is -0.483 e. The number of rotatable bonds is 2. The zero-order valence-corrected chi connectivity index (χ0v) is 17.4. The van der Waals surface area contributed by atoms with Gasteiger partial charge in [0.1, 0.15) is 5.75 Å². The van der Waals surface area contributed by atoms with E-state index in [1.54, 1.807) is 4.90 Å². The molecule has 3 amide bonds.